The van der Waals surface area contributed by atoms with Gasteiger partial charge in [-0.05, 0) is 44.0 Å². The minimum atomic E-state index is -0.431. The first-order valence-corrected chi connectivity index (χ1v) is 9.26. The summed E-state index contributed by atoms with van der Waals surface area (Å²) >= 11 is 1.63. The summed E-state index contributed by atoms with van der Waals surface area (Å²) in [4.78, 5) is 9.81. The largest absolute Gasteiger partial charge is 0.338 e. The molecule has 0 spiro atoms. The summed E-state index contributed by atoms with van der Waals surface area (Å²) < 4.78 is 10.5. The van der Waals surface area contributed by atoms with Crippen molar-refractivity contribution < 1.29 is 9.05 Å². The number of hydrogen-bond acceptors (Lipinski definition) is 8. The van der Waals surface area contributed by atoms with Crippen molar-refractivity contribution in [1.29, 1.82) is 0 Å². The molecule has 1 saturated carbocycles. The van der Waals surface area contributed by atoms with Crippen LogP contribution in [0.3, 0.4) is 0 Å². The minimum Gasteiger partial charge on any atom is -0.338 e. The Labute approximate surface area is 161 Å². The zero-order valence-electron chi connectivity index (χ0n) is 14.3. The smallest absolute Gasteiger partial charge is 0.257 e. The maximum Gasteiger partial charge on any atom is 0.257 e. The van der Waals surface area contributed by atoms with Gasteiger partial charge in [-0.2, -0.15) is 9.97 Å². The highest BCUT2D eigenvalue weighted by Crippen LogP contribution is 2.35. The summed E-state index contributed by atoms with van der Waals surface area (Å²) in [6, 6.07) is 7.97. The maximum absolute atomic E-state index is 6.38. The highest BCUT2D eigenvalue weighted by molar-refractivity contribution is 7.98. The molecule has 2 heterocycles. The highest BCUT2D eigenvalue weighted by Gasteiger charge is 2.36. The maximum atomic E-state index is 6.38. The molecule has 2 aromatic heterocycles. The molecule has 0 bridgehead atoms. The molecule has 0 radical (unpaired) electrons. The molecular formula is C17H20ClN5O2S. The lowest BCUT2D eigenvalue weighted by atomic mass is 9.99. The predicted molar refractivity (Wildman–Crippen MR) is 99.9 cm³/mol. The number of halogens is 1. The van der Waals surface area contributed by atoms with Crippen molar-refractivity contribution in [2.75, 3.05) is 0 Å². The molecule has 0 amide bonds. The highest BCUT2D eigenvalue weighted by atomic mass is 35.5. The van der Waals surface area contributed by atoms with Gasteiger partial charge in [0.25, 0.3) is 5.89 Å². The Balaban J connectivity index is 0.00000196. The van der Waals surface area contributed by atoms with Crippen molar-refractivity contribution in [1.82, 2.24) is 20.3 Å². The average molecular weight is 394 g/mol. The van der Waals surface area contributed by atoms with Crippen LogP contribution in [0.4, 0.5) is 0 Å². The number of nitrogens with two attached hydrogens (primary N) is 1. The third kappa shape index (κ3) is 3.92. The van der Waals surface area contributed by atoms with Crippen molar-refractivity contribution >= 4 is 24.2 Å². The second-order valence-corrected chi connectivity index (χ2v) is 7.38. The normalized spacial score (nSPS) is 15.8. The SMILES string of the molecule is Cc1noc(CSc2ccc(-c3nc(C4(N)CCCC4)no3)cc2)n1.Cl. The van der Waals surface area contributed by atoms with Gasteiger partial charge in [0.2, 0.25) is 5.89 Å². The van der Waals surface area contributed by atoms with Gasteiger partial charge in [-0.1, -0.05) is 23.2 Å². The van der Waals surface area contributed by atoms with Crippen LogP contribution in [-0.4, -0.2) is 20.3 Å². The zero-order valence-corrected chi connectivity index (χ0v) is 16.0. The molecule has 1 aliphatic carbocycles. The van der Waals surface area contributed by atoms with E-state index in [-0.39, 0.29) is 12.4 Å². The first-order valence-electron chi connectivity index (χ1n) is 8.28. The quantitative estimate of drug-likeness (QED) is 0.651. The van der Waals surface area contributed by atoms with Gasteiger partial charge in [0, 0.05) is 10.5 Å². The van der Waals surface area contributed by atoms with Crippen LogP contribution in [0.15, 0.2) is 38.2 Å². The van der Waals surface area contributed by atoms with E-state index in [9.17, 15) is 0 Å². The van der Waals surface area contributed by atoms with E-state index in [2.05, 4.69) is 20.3 Å². The van der Waals surface area contributed by atoms with Gasteiger partial charge in [-0.15, -0.1) is 24.2 Å². The lowest BCUT2D eigenvalue weighted by Gasteiger charge is -2.17. The number of benzene rings is 1. The van der Waals surface area contributed by atoms with E-state index in [0.717, 1.165) is 36.1 Å². The first-order chi connectivity index (χ1) is 12.1. The summed E-state index contributed by atoms with van der Waals surface area (Å²) in [7, 11) is 0. The molecule has 7 nitrogen and oxygen atoms in total. The molecule has 26 heavy (non-hydrogen) atoms. The Bertz CT molecular complexity index is 858. The van der Waals surface area contributed by atoms with Gasteiger partial charge in [0.05, 0.1) is 11.3 Å². The van der Waals surface area contributed by atoms with E-state index in [1.165, 1.54) is 0 Å². The molecule has 138 valence electrons. The number of thioether (sulfide) groups is 1. The predicted octanol–water partition coefficient (Wildman–Crippen LogP) is 3.87. The van der Waals surface area contributed by atoms with E-state index >= 15 is 0 Å². The van der Waals surface area contributed by atoms with Crippen LogP contribution in [0.5, 0.6) is 0 Å². The van der Waals surface area contributed by atoms with Crippen LogP contribution >= 0.6 is 24.2 Å². The van der Waals surface area contributed by atoms with E-state index in [0.29, 0.717) is 29.2 Å². The Hall–Kier alpha value is -1.90. The molecule has 3 aromatic rings. The molecule has 0 saturated heterocycles. The Kier molecular flexibility index (Phi) is 5.64. The standard InChI is InChI=1S/C17H19N5O2S.ClH/c1-11-19-14(23-21-11)10-25-13-6-4-12(5-7-13)15-20-16(22-24-15)17(18)8-2-3-9-17;/h4-7H,2-3,8-10,18H2,1H3;1H. The number of rotatable bonds is 5. The van der Waals surface area contributed by atoms with Gasteiger partial charge in [0.1, 0.15) is 0 Å². The average Bonchev–Trinajstić information content (AvgIpc) is 3.35. The summed E-state index contributed by atoms with van der Waals surface area (Å²) in [5.41, 5.74) is 6.84. The first kappa shape index (κ1) is 18.9. The molecule has 1 fully saturated rings. The summed E-state index contributed by atoms with van der Waals surface area (Å²) in [6.07, 6.45) is 4.06. The monoisotopic (exact) mass is 393 g/mol. The minimum absolute atomic E-state index is 0. The van der Waals surface area contributed by atoms with Crippen molar-refractivity contribution in [2.24, 2.45) is 5.73 Å². The topological polar surface area (TPSA) is 104 Å². The van der Waals surface area contributed by atoms with Gasteiger partial charge in [-0.3, -0.25) is 0 Å². The molecule has 1 aliphatic rings. The molecule has 9 heteroatoms. The number of nitrogens with zero attached hydrogens (tertiary/aromatic N) is 4. The molecule has 1 aromatic carbocycles. The van der Waals surface area contributed by atoms with Crippen LogP contribution in [-0.2, 0) is 11.3 Å². The molecule has 0 unspecified atom stereocenters. The summed E-state index contributed by atoms with van der Waals surface area (Å²) in [5, 5.41) is 7.89. The van der Waals surface area contributed by atoms with Gasteiger partial charge in [0.15, 0.2) is 11.6 Å². The van der Waals surface area contributed by atoms with Crippen LogP contribution in [0.2, 0.25) is 0 Å². The summed E-state index contributed by atoms with van der Waals surface area (Å²) in [5.74, 6) is 3.04. The van der Waals surface area contributed by atoms with Crippen molar-refractivity contribution in [2.45, 2.75) is 48.8 Å². The van der Waals surface area contributed by atoms with Crippen LogP contribution in [0, 0.1) is 6.92 Å². The molecule has 4 rings (SSSR count). The van der Waals surface area contributed by atoms with Crippen LogP contribution in [0.1, 0.15) is 43.2 Å². The van der Waals surface area contributed by atoms with E-state index in [1.54, 1.807) is 11.8 Å². The molecule has 0 aliphatic heterocycles. The Morgan fingerprint density at radius 2 is 1.81 bits per heavy atom. The second kappa shape index (κ2) is 7.77. The van der Waals surface area contributed by atoms with Gasteiger partial charge in [-0.25, -0.2) is 0 Å². The van der Waals surface area contributed by atoms with Crippen molar-refractivity contribution in [3.63, 3.8) is 0 Å². The van der Waals surface area contributed by atoms with E-state index in [1.807, 2.05) is 31.2 Å². The van der Waals surface area contributed by atoms with Crippen molar-refractivity contribution in [3.05, 3.63) is 41.8 Å². The molecular weight excluding hydrogens is 374 g/mol. The second-order valence-electron chi connectivity index (χ2n) is 6.33. The van der Waals surface area contributed by atoms with E-state index < -0.39 is 5.54 Å². The lowest BCUT2D eigenvalue weighted by Crippen LogP contribution is -2.34. The van der Waals surface area contributed by atoms with Gasteiger partial charge >= 0.3 is 0 Å². The molecule has 0 atom stereocenters. The fourth-order valence-corrected chi connectivity index (χ4v) is 3.75. The number of hydrogen-bond donors (Lipinski definition) is 1. The van der Waals surface area contributed by atoms with Crippen LogP contribution < -0.4 is 5.73 Å². The van der Waals surface area contributed by atoms with Crippen LogP contribution in [0.25, 0.3) is 11.5 Å². The fraction of sp³-hybridized carbons (Fsp3) is 0.412. The zero-order chi connectivity index (χ0) is 17.3. The van der Waals surface area contributed by atoms with Gasteiger partial charge < -0.3 is 14.8 Å². The lowest BCUT2D eigenvalue weighted by molar-refractivity contribution is 0.372. The number of aromatic nitrogens is 4. The van der Waals surface area contributed by atoms with E-state index in [4.69, 9.17) is 14.8 Å². The Morgan fingerprint density at radius 3 is 2.46 bits per heavy atom. The summed E-state index contributed by atoms with van der Waals surface area (Å²) in [6.45, 7) is 1.81. The Morgan fingerprint density at radius 1 is 1.08 bits per heavy atom. The fourth-order valence-electron chi connectivity index (χ4n) is 3.01. The third-order valence-corrected chi connectivity index (χ3v) is 5.40. The number of aryl methyl sites for hydroxylation is 1. The third-order valence-electron chi connectivity index (χ3n) is 4.40. The molecule has 2 N–H and O–H groups in total. The van der Waals surface area contributed by atoms with Crippen molar-refractivity contribution in [3.8, 4) is 11.5 Å².